The van der Waals surface area contributed by atoms with Gasteiger partial charge >= 0.3 is 0 Å². The summed E-state index contributed by atoms with van der Waals surface area (Å²) in [6.07, 6.45) is 3.40. The van der Waals surface area contributed by atoms with Crippen molar-refractivity contribution in [2.24, 2.45) is 0 Å². The molecule has 1 aliphatic rings. The molecular weight excluding hydrogens is 240 g/mol. The molecular formula is C20H22. The Hall–Kier alpha value is -1.82. The molecule has 1 aliphatic carbocycles. The fourth-order valence-corrected chi connectivity index (χ4v) is 2.95. The molecule has 2 aromatic rings. The van der Waals surface area contributed by atoms with E-state index < -0.39 is 0 Å². The summed E-state index contributed by atoms with van der Waals surface area (Å²) in [5.74, 6) is 0. The number of benzene rings is 2. The van der Waals surface area contributed by atoms with Gasteiger partial charge in [0.1, 0.15) is 0 Å². The number of rotatable bonds is 1. The third-order valence-electron chi connectivity index (χ3n) is 4.13. The van der Waals surface area contributed by atoms with Gasteiger partial charge in [-0.3, -0.25) is 0 Å². The van der Waals surface area contributed by atoms with Crippen LogP contribution >= 0.6 is 0 Å². The monoisotopic (exact) mass is 262 g/mol. The molecule has 0 heterocycles. The van der Waals surface area contributed by atoms with Gasteiger partial charge in [-0.05, 0) is 46.6 Å². The maximum absolute atomic E-state index is 2.31. The van der Waals surface area contributed by atoms with Crippen molar-refractivity contribution in [2.75, 3.05) is 0 Å². The van der Waals surface area contributed by atoms with Crippen molar-refractivity contribution >= 4 is 6.08 Å². The van der Waals surface area contributed by atoms with Gasteiger partial charge in [0.15, 0.2) is 0 Å². The predicted octanol–water partition coefficient (Wildman–Crippen LogP) is 5.61. The lowest BCUT2D eigenvalue weighted by molar-refractivity contribution is 0.590. The topological polar surface area (TPSA) is 0 Å². The maximum Gasteiger partial charge on any atom is -0.00544 e. The molecule has 3 rings (SSSR count). The Labute approximate surface area is 122 Å². The van der Waals surface area contributed by atoms with E-state index in [4.69, 9.17) is 0 Å². The molecule has 0 amide bonds. The lowest BCUT2D eigenvalue weighted by Crippen LogP contribution is -2.10. The summed E-state index contributed by atoms with van der Waals surface area (Å²) in [6, 6.07) is 15.7. The summed E-state index contributed by atoms with van der Waals surface area (Å²) in [6.45, 7) is 8.99. The third kappa shape index (κ3) is 2.31. The zero-order chi connectivity index (χ0) is 14.3. The molecule has 20 heavy (non-hydrogen) atoms. The molecule has 0 saturated carbocycles. The minimum absolute atomic E-state index is 0.218. The second-order valence-corrected chi connectivity index (χ2v) is 6.87. The maximum atomic E-state index is 2.31. The largest absolute Gasteiger partial charge is 0.0683 e. The predicted molar refractivity (Wildman–Crippen MR) is 87.9 cm³/mol. The van der Waals surface area contributed by atoms with Crippen molar-refractivity contribution in [3.05, 3.63) is 64.7 Å². The van der Waals surface area contributed by atoms with Crippen LogP contribution in [0.4, 0.5) is 0 Å². The van der Waals surface area contributed by atoms with Gasteiger partial charge in [0.2, 0.25) is 0 Å². The van der Waals surface area contributed by atoms with E-state index in [2.05, 4.69) is 76.2 Å². The summed E-state index contributed by atoms with van der Waals surface area (Å²) in [4.78, 5) is 0. The van der Waals surface area contributed by atoms with Crippen LogP contribution in [0.3, 0.4) is 0 Å². The number of allylic oxidation sites excluding steroid dienone is 1. The average molecular weight is 262 g/mol. The Morgan fingerprint density at radius 3 is 2.25 bits per heavy atom. The molecule has 2 aromatic carbocycles. The van der Waals surface area contributed by atoms with E-state index in [-0.39, 0.29) is 5.41 Å². The molecule has 0 atom stereocenters. The first kappa shape index (κ1) is 13.2. The van der Waals surface area contributed by atoms with Gasteiger partial charge in [0.05, 0.1) is 0 Å². The molecule has 0 radical (unpaired) electrons. The standard InChI is InChI=1S/C20H22/c1-14-12-16-6-5-7-18(19(16)13-14)15-8-10-17(11-9-15)20(2,3)4/h5-12H,13H2,1-4H3. The Morgan fingerprint density at radius 2 is 1.60 bits per heavy atom. The zero-order valence-electron chi connectivity index (χ0n) is 12.8. The lowest BCUT2D eigenvalue weighted by Gasteiger charge is -2.19. The minimum Gasteiger partial charge on any atom is -0.0683 e. The van der Waals surface area contributed by atoms with Crippen LogP contribution in [0.5, 0.6) is 0 Å². The van der Waals surface area contributed by atoms with E-state index in [9.17, 15) is 0 Å². The fraction of sp³-hybridized carbons (Fsp3) is 0.300. The number of hydrogen-bond acceptors (Lipinski definition) is 0. The van der Waals surface area contributed by atoms with Gasteiger partial charge in [-0.1, -0.05) is 74.9 Å². The highest BCUT2D eigenvalue weighted by Crippen LogP contribution is 2.34. The van der Waals surface area contributed by atoms with Gasteiger partial charge in [-0.15, -0.1) is 0 Å². The quantitative estimate of drug-likeness (QED) is 0.626. The molecule has 0 N–H and O–H groups in total. The van der Waals surface area contributed by atoms with Gasteiger partial charge in [-0.2, -0.15) is 0 Å². The minimum atomic E-state index is 0.218. The average Bonchev–Trinajstić information content (AvgIpc) is 2.78. The van der Waals surface area contributed by atoms with Crippen molar-refractivity contribution in [3.63, 3.8) is 0 Å². The van der Waals surface area contributed by atoms with Crippen molar-refractivity contribution in [1.82, 2.24) is 0 Å². The van der Waals surface area contributed by atoms with Crippen LogP contribution in [-0.4, -0.2) is 0 Å². The van der Waals surface area contributed by atoms with E-state index in [0.29, 0.717) is 0 Å². The van der Waals surface area contributed by atoms with Crippen LogP contribution in [0.2, 0.25) is 0 Å². The van der Waals surface area contributed by atoms with Crippen molar-refractivity contribution in [1.29, 1.82) is 0 Å². The molecule has 0 unspecified atom stereocenters. The second-order valence-electron chi connectivity index (χ2n) is 6.87. The van der Waals surface area contributed by atoms with E-state index in [1.54, 1.807) is 0 Å². The molecule has 0 bridgehead atoms. The van der Waals surface area contributed by atoms with Crippen molar-refractivity contribution in [3.8, 4) is 11.1 Å². The normalized spacial score (nSPS) is 14.1. The van der Waals surface area contributed by atoms with Crippen LogP contribution in [0.15, 0.2) is 48.0 Å². The van der Waals surface area contributed by atoms with E-state index in [0.717, 1.165) is 6.42 Å². The summed E-state index contributed by atoms with van der Waals surface area (Å²) < 4.78 is 0. The fourth-order valence-electron chi connectivity index (χ4n) is 2.95. The Morgan fingerprint density at radius 1 is 0.900 bits per heavy atom. The molecule has 0 saturated heterocycles. The van der Waals surface area contributed by atoms with Crippen molar-refractivity contribution in [2.45, 2.75) is 39.5 Å². The Bertz CT molecular complexity index is 664. The molecule has 102 valence electrons. The molecule has 0 aliphatic heterocycles. The molecule has 0 aromatic heterocycles. The van der Waals surface area contributed by atoms with E-state index in [1.165, 1.54) is 33.4 Å². The molecule has 0 fully saturated rings. The highest BCUT2D eigenvalue weighted by molar-refractivity contribution is 5.77. The van der Waals surface area contributed by atoms with E-state index in [1.807, 2.05) is 0 Å². The van der Waals surface area contributed by atoms with Gasteiger partial charge in [0, 0.05) is 0 Å². The number of hydrogen-bond donors (Lipinski definition) is 0. The first-order valence-electron chi connectivity index (χ1n) is 7.35. The third-order valence-corrected chi connectivity index (χ3v) is 4.13. The summed E-state index contributed by atoms with van der Waals surface area (Å²) in [7, 11) is 0. The Kier molecular flexibility index (Phi) is 3.05. The summed E-state index contributed by atoms with van der Waals surface area (Å²) in [5.41, 5.74) is 8.65. The first-order chi connectivity index (χ1) is 9.45. The van der Waals surface area contributed by atoms with Gasteiger partial charge in [-0.25, -0.2) is 0 Å². The summed E-state index contributed by atoms with van der Waals surface area (Å²) >= 11 is 0. The lowest BCUT2D eigenvalue weighted by atomic mass is 9.85. The van der Waals surface area contributed by atoms with Gasteiger partial charge < -0.3 is 0 Å². The Balaban J connectivity index is 2.02. The number of fused-ring (bicyclic) bond motifs is 1. The first-order valence-corrected chi connectivity index (χ1v) is 7.35. The molecule has 0 heteroatoms. The molecule has 0 nitrogen and oxygen atoms in total. The SMILES string of the molecule is CC1=Cc2cccc(-c3ccc(C(C)(C)C)cc3)c2C1. The van der Waals surface area contributed by atoms with Crippen LogP contribution < -0.4 is 0 Å². The van der Waals surface area contributed by atoms with Crippen LogP contribution in [-0.2, 0) is 11.8 Å². The van der Waals surface area contributed by atoms with E-state index >= 15 is 0 Å². The van der Waals surface area contributed by atoms with Gasteiger partial charge in [0.25, 0.3) is 0 Å². The molecule has 0 spiro atoms. The van der Waals surface area contributed by atoms with Crippen LogP contribution in [0.1, 0.15) is 44.4 Å². The second kappa shape index (κ2) is 4.63. The highest BCUT2D eigenvalue weighted by atomic mass is 14.2. The zero-order valence-corrected chi connectivity index (χ0v) is 12.8. The van der Waals surface area contributed by atoms with Crippen LogP contribution in [0, 0.1) is 0 Å². The van der Waals surface area contributed by atoms with Crippen LogP contribution in [0.25, 0.3) is 17.2 Å². The highest BCUT2D eigenvalue weighted by Gasteiger charge is 2.16. The smallest absolute Gasteiger partial charge is 0.00544 e. The summed E-state index contributed by atoms with van der Waals surface area (Å²) in [5, 5.41) is 0. The van der Waals surface area contributed by atoms with Crippen molar-refractivity contribution < 1.29 is 0 Å².